The quantitative estimate of drug-likeness (QED) is 0.619. The Kier molecular flexibility index (Phi) is 5.54. The molecule has 2 N–H and O–H groups in total. The molecule has 1 unspecified atom stereocenters. The maximum Gasteiger partial charge on any atom is 0.191 e. The van der Waals surface area contributed by atoms with Crippen molar-refractivity contribution in [3.63, 3.8) is 0 Å². The minimum atomic E-state index is 0.660. The van der Waals surface area contributed by atoms with Crippen molar-refractivity contribution in [3.8, 4) is 0 Å². The number of aromatic nitrogens is 1. The molecule has 1 aliphatic carbocycles. The fourth-order valence-electron chi connectivity index (χ4n) is 3.14. The number of guanidine groups is 1. The van der Waals surface area contributed by atoms with Crippen LogP contribution in [0.5, 0.6) is 0 Å². The molecule has 5 nitrogen and oxygen atoms in total. The van der Waals surface area contributed by atoms with Gasteiger partial charge in [-0.05, 0) is 52.5 Å². The first-order valence-corrected chi connectivity index (χ1v) is 9.66. The van der Waals surface area contributed by atoms with E-state index >= 15 is 0 Å². The lowest BCUT2D eigenvalue weighted by atomic mass is 10.1. The van der Waals surface area contributed by atoms with E-state index in [0.717, 1.165) is 41.7 Å². The Morgan fingerprint density at radius 3 is 2.78 bits per heavy atom. The van der Waals surface area contributed by atoms with E-state index < -0.39 is 0 Å². The SMILES string of the molecule is CCNC(=NCc1nc(C)c(C)s1)NCC1CCN(C2CC2)C1. The van der Waals surface area contributed by atoms with Gasteiger partial charge in [-0.2, -0.15) is 0 Å². The number of thiazole rings is 1. The second kappa shape index (κ2) is 7.62. The number of likely N-dealkylation sites (tertiary alicyclic amines) is 1. The summed E-state index contributed by atoms with van der Waals surface area (Å²) in [5, 5.41) is 7.97. The van der Waals surface area contributed by atoms with E-state index in [1.807, 2.05) is 0 Å². The van der Waals surface area contributed by atoms with E-state index in [2.05, 4.69) is 41.3 Å². The Morgan fingerprint density at radius 1 is 1.30 bits per heavy atom. The fourth-order valence-corrected chi connectivity index (χ4v) is 4.00. The summed E-state index contributed by atoms with van der Waals surface area (Å²) in [7, 11) is 0. The molecule has 0 bridgehead atoms. The first kappa shape index (κ1) is 16.7. The van der Waals surface area contributed by atoms with Crippen molar-refractivity contribution in [2.24, 2.45) is 10.9 Å². The molecule has 0 aromatic carbocycles. The Labute approximate surface area is 143 Å². The van der Waals surface area contributed by atoms with Crippen LogP contribution in [-0.2, 0) is 6.54 Å². The van der Waals surface area contributed by atoms with Crippen molar-refractivity contribution in [2.75, 3.05) is 26.2 Å². The maximum absolute atomic E-state index is 4.69. The number of aliphatic imine (C=N–C) groups is 1. The van der Waals surface area contributed by atoms with Crippen LogP contribution < -0.4 is 10.6 Å². The van der Waals surface area contributed by atoms with Crippen LogP contribution in [0.1, 0.15) is 41.8 Å². The maximum atomic E-state index is 4.69. The molecule has 1 aromatic heterocycles. The van der Waals surface area contributed by atoms with Gasteiger partial charge in [0.15, 0.2) is 5.96 Å². The van der Waals surface area contributed by atoms with Gasteiger partial charge in [0.05, 0.1) is 12.2 Å². The Bertz CT molecular complexity index is 530. The van der Waals surface area contributed by atoms with Crippen LogP contribution in [0.2, 0.25) is 0 Å². The zero-order chi connectivity index (χ0) is 16.2. The van der Waals surface area contributed by atoms with E-state index in [1.54, 1.807) is 11.3 Å². The summed E-state index contributed by atoms with van der Waals surface area (Å²) >= 11 is 1.75. The first-order chi connectivity index (χ1) is 11.2. The van der Waals surface area contributed by atoms with Crippen molar-refractivity contribution in [2.45, 2.75) is 52.6 Å². The standard InChI is InChI=1S/C17H29N5S/c1-4-18-17(20-10-16-21-12(2)13(3)23-16)19-9-14-7-8-22(11-14)15-5-6-15/h14-15H,4-11H2,1-3H3,(H2,18,19,20). The molecule has 3 rings (SSSR count). The molecule has 6 heteroatoms. The van der Waals surface area contributed by atoms with Gasteiger partial charge in [-0.15, -0.1) is 11.3 Å². The zero-order valence-electron chi connectivity index (χ0n) is 14.6. The fraction of sp³-hybridized carbons (Fsp3) is 0.765. The highest BCUT2D eigenvalue weighted by atomic mass is 32.1. The van der Waals surface area contributed by atoms with Gasteiger partial charge in [-0.3, -0.25) is 0 Å². The third-order valence-corrected chi connectivity index (χ3v) is 5.79. The molecule has 0 radical (unpaired) electrons. The van der Waals surface area contributed by atoms with Crippen molar-refractivity contribution in [1.82, 2.24) is 20.5 Å². The summed E-state index contributed by atoms with van der Waals surface area (Å²) in [4.78, 5) is 13.2. The first-order valence-electron chi connectivity index (χ1n) is 8.84. The zero-order valence-corrected chi connectivity index (χ0v) is 15.4. The summed E-state index contributed by atoms with van der Waals surface area (Å²) in [6.45, 7) is 11.4. The number of rotatable bonds is 6. The van der Waals surface area contributed by atoms with Gasteiger partial charge < -0.3 is 15.5 Å². The van der Waals surface area contributed by atoms with Gasteiger partial charge in [0.25, 0.3) is 0 Å². The average molecular weight is 336 g/mol. The molecule has 1 aliphatic heterocycles. The van der Waals surface area contributed by atoms with E-state index in [-0.39, 0.29) is 0 Å². The summed E-state index contributed by atoms with van der Waals surface area (Å²) in [5.74, 6) is 1.67. The second-order valence-corrected chi connectivity index (χ2v) is 7.99. The second-order valence-electron chi connectivity index (χ2n) is 6.71. The number of aryl methyl sites for hydroxylation is 2. The van der Waals surface area contributed by atoms with Crippen LogP contribution in [0.25, 0.3) is 0 Å². The van der Waals surface area contributed by atoms with Crippen LogP contribution >= 0.6 is 11.3 Å². The van der Waals surface area contributed by atoms with Gasteiger partial charge in [0, 0.05) is 30.6 Å². The topological polar surface area (TPSA) is 52.6 Å². The molecule has 2 fully saturated rings. The molecule has 0 spiro atoms. The summed E-state index contributed by atoms with van der Waals surface area (Å²) in [6.07, 6.45) is 4.14. The summed E-state index contributed by atoms with van der Waals surface area (Å²) in [5.41, 5.74) is 1.13. The lowest BCUT2D eigenvalue weighted by Gasteiger charge is -2.16. The summed E-state index contributed by atoms with van der Waals surface area (Å²) < 4.78 is 0. The lowest BCUT2D eigenvalue weighted by molar-refractivity contribution is 0.314. The van der Waals surface area contributed by atoms with E-state index in [1.165, 1.54) is 37.2 Å². The minimum Gasteiger partial charge on any atom is -0.357 e. The third-order valence-electron chi connectivity index (χ3n) is 4.73. The highest BCUT2D eigenvalue weighted by Crippen LogP contribution is 2.31. The smallest absolute Gasteiger partial charge is 0.191 e. The van der Waals surface area contributed by atoms with Gasteiger partial charge in [0.2, 0.25) is 0 Å². The van der Waals surface area contributed by atoms with Crippen molar-refractivity contribution in [3.05, 3.63) is 15.6 Å². The summed E-state index contributed by atoms with van der Waals surface area (Å²) in [6, 6.07) is 0.901. The molecule has 2 aliphatic rings. The molecule has 2 heterocycles. The lowest BCUT2D eigenvalue weighted by Crippen LogP contribution is -2.40. The van der Waals surface area contributed by atoms with Gasteiger partial charge in [0.1, 0.15) is 5.01 Å². The van der Waals surface area contributed by atoms with Crippen LogP contribution in [0.3, 0.4) is 0 Å². The van der Waals surface area contributed by atoms with E-state index in [0.29, 0.717) is 6.54 Å². The normalized spacial score (nSPS) is 22.6. The molecule has 1 atom stereocenters. The van der Waals surface area contributed by atoms with Gasteiger partial charge >= 0.3 is 0 Å². The van der Waals surface area contributed by atoms with Gasteiger partial charge in [-0.25, -0.2) is 9.98 Å². The average Bonchev–Trinajstić information content (AvgIpc) is 3.19. The Morgan fingerprint density at radius 2 is 2.13 bits per heavy atom. The van der Waals surface area contributed by atoms with E-state index in [9.17, 15) is 0 Å². The van der Waals surface area contributed by atoms with Crippen LogP contribution in [-0.4, -0.2) is 48.1 Å². The number of nitrogens with one attached hydrogen (secondary N) is 2. The number of hydrogen-bond donors (Lipinski definition) is 2. The van der Waals surface area contributed by atoms with Crippen molar-refractivity contribution < 1.29 is 0 Å². The molecule has 23 heavy (non-hydrogen) atoms. The molecule has 128 valence electrons. The molecule has 1 saturated carbocycles. The number of hydrogen-bond acceptors (Lipinski definition) is 4. The van der Waals surface area contributed by atoms with Crippen molar-refractivity contribution in [1.29, 1.82) is 0 Å². The highest BCUT2D eigenvalue weighted by molar-refractivity contribution is 7.11. The Hall–Kier alpha value is -1.14. The van der Waals surface area contributed by atoms with Crippen LogP contribution in [0.15, 0.2) is 4.99 Å². The molecule has 1 aromatic rings. The Balaban J connectivity index is 1.48. The van der Waals surface area contributed by atoms with Crippen LogP contribution in [0, 0.1) is 19.8 Å². The molecular formula is C17H29N5S. The molecule has 1 saturated heterocycles. The highest BCUT2D eigenvalue weighted by Gasteiger charge is 2.34. The van der Waals surface area contributed by atoms with Crippen LogP contribution in [0.4, 0.5) is 0 Å². The monoisotopic (exact) mass is 335 g/mol. The molecule has 0 amide bonds. The number of nitrogens with zero attached hydrogens (tertiary/aromatic N) is 3. The minimum absolute atomic E-state index is 0.660. The largest absolute Gasteiger partial charge is 0.357 e. The predicted octanol–water partition coefficient (Wildman–Crippen LogP) is 2.30. The van der Waals surface area contributed by atoms with E-state index in [4.69, 9.17) is 4.99 Å². The van der Waals surface area contributed by atoms with Crippen molar-refractivity contribution >= 4 is 17.3 Å². The molecular weight excluding hydrogens is 306 g/mol. The third kappa shape index (κ3) is 4.67. The predicted molar refractivity (Wildman–Crippen MR) is 97.1 cm³/mol. The van der Waals surface area contributed by atoms with Gasteiger partial charge in [-0.1, -0.05) is 0 Å².